The van der Waals surface area contributed by atoms with Crippen molar-refractivity contribution in [1.29, 1.82) is 0 Å². The normalized spacial score (nSPS) is 12.2. The topological polar surface area (TPSA) is 14.2 Å². The lowest BCUT2D eigenvalue weighted by molar-refractivity contribution is -0.138. The first kappa shape index (κ1) is 40.5. The number of alkyl halides is 6. The van der Waals surface area contributed by atoms with E-state index in [1.807, 2.05) is 65.2 Å². The third-order valence-corrected chi connectivity index (χ3v) is 12.2. The van der Waals surface area contributed by atoms with Crippen LogP contribution in [0.3, 0.4) is 0 Å². The molecule has 0 amide bonds. The van der Waals surface area contributed by atoms with E-state index in [4.69, 9.17) is 6.57 Å². The molecule has 9 heteroatoms. The van der Waals surface area contributed by atoms with Crippen molar-refractivity contribution >= 4 is 49.3 Å². The van der Waals surface area contributed by atoms with Gasteiger partial charge < -0.3 is 9.13 Å². The van der Waals surface area contributed by atoms with Gasteiger partial charge in [0.15, 0.2) is 5.69 Å². The van der Waals surface area contributed by atoms with Gasteiger partial charge in [0.2, 0.25) is 0 Å². The van der Waals surface area contributed by atoms with Crippen LogP contribution < -0.4 is 0 Å². The van der Waals surface area contributed by atoms with Gasteiger partial charge in [0.1, 0.15) is 0 Å². The third kappa shape index (κ3) is 6.69. The molecule has 3 nitrogen and oxygen atoms in total. The molecule has 0 bridgehead atoms. The molecule has 0 N–H and O–H groups in total. The van der Waals surface area contributed by atoms with Crippen LogP contribution in [0.5, 0.6) is 0 Å². The van der Waals surface area contributed by atoms with E-state index in [-0.39, 0.29) is 16.8 Å². The monoisotopic (exact) mass is 853 g/mol. The summed E-state index contributed by atoms with van der Waals surface area (Å²) in [6, 6.07) is 45.1. The Morgan fingerprint density at radius 2 is 0.938 bits per heavy atom. The summed E-state index contributed by atoms with van der Waals surface area (Å²) in [7, 11) is 0. The van der Waals surface area contributed by atoms with Crippen LogP contribution in [-0.4, -0.2) is 9.13 Å². The fraction of sp³-hybridized carbons (Fsp3) is 0.109. The number of nitrogens with zero attached hydrogens (tertiary/aromatic N) is 3. The van der Waals surface area contributed by atoms with Gasteiger partial charge in [0.05, 0.1) is 51.1 Å². The Bertz CT molecular complexity index is 3580. The second-order valence-electron chi connectivity index (χ2n) is 16.6. The lowest BCUT2D eigenvalue weighted by Gasteiger charge is -2.22. The smallest absolute Gasteiger partial charge is 0.308 e. The van der Waals surface area contributed by atoms with E-state index in [1.54, 1.807) is 44.2 Å². The highest BCUT2D eigenvalue weighted by Gasteiger charge is 2.36. The predicted molar refractivity (Wildman–Crippen MR) is 247 cm³/mol. The molecule has 0 aliphatic rings. The first-order chi connectivity index (χ1) is 30.6. The van der Waals surface area contributed by atoms with Gasteiger partial charge >= 0.3 is 12.4 Å². The Kier molecular flexibility index (Phi) is 9.35. The van der Waals surface area contributed by atoms with Gasteiger partial charge in [-0.15, -0.1) is 0 Å². The van der Waals surface area contributed by atoms with Gasteiger partial charge in [-0.25, -0.2) is 4.85 Å². The first-order valence-corrected chi connectivity index (χ1v) is 20.7. The van der Waals surface area contributed by atoms with Crippen molar-refractivity contribution in [2.24, 2.45) is 0 Å². The number of hydrogen-bond acceptors (Lipinski definition) is 0. The van der Waals surface area contributed by atoms with Crippen LogP contribution in [0.25, 0.3) is 93.2 Å². The van der Waals surface area contributed by atoms with E-state index in [2.05, 4.69) is 59.7 Å². The summed E-state index contributed by atoms with van der Waals surface area (Å²) in [5, 5.41) is 3.49. The van der Waals surface area contributed by atoms with Crippen molar-refractivity contribution in [3.63, 3.8) is 0 Å². The van der Waals surface area contributed by atoms with Crippen LogP contribution >= 0.6 is 0 Å². The van der Waals surface area contributed by atoms with E-state index in [0.717, 1.165) is 78.5 Å². The maximum Gasteiger partial charge on any atom is 0.416 e. The van der Waals surface area contributed by atoms with Gasteiger partial charge in [-0.1, -0.05) is 108 Å². The molecule has 0 aliphatic heterocycles. The summed E-state index contributed by atoms with van der Waals surface area (Å²) in [5.74, 6) is 0. The highest BCUT2D eigenvalue weighted by Crippen LogP contribution is 2.48. The molecule has 0 fully saturated rings. The van der Waals surface area contributed by atoms with Crippen molar-refractivity contribution in [1.82, 2.24) is 9.13 Å². The van der Waals surface area contributed by atoms with Crippen molar-refractivity contribution in [3.8, 4) is 44.8 Å². The minimum atomic E-state index is -4.73. The SMILES string of the molecule is [C-]#[N+]c1cc(-n2c3ccccc3c3ccc(-c4cc(C)cc(C)c4)cc32)c(-n2c3ccccc3c3ccc(-c4cc(C)cc(C(F)(F)F)c4)cc32)cc1-c1c(C)cccc1C(F)(F)F. The summed E-state index contributed by atoms with van der Waals surface area (Å²) in [6.45, 7) is 15.9. The second-order valence-corrected chi connectivity index (χ2v) is 16.6. The third-order valence-electron chi connectivity index (χ3n) is 12.2. The van der Waals surface area contributed by atoms with Crippen molar-refractivity contribution < 1.29 is 26.3 Å². The number of para-hydroxylation sites is 2. The summed E-state index contributed by atoms with van der Waals surface area (Å²) < 4.78 is 91.6. The number of aromatic nitrogens is 2. The zero-order chi connectivity index (χ0) is 44.8. The van der Waals surface area contributed by atoms with Crippen LogP contribution in [0, 0.1) is 34.3 Å². The van der Waals surface area contributed by atoms with Gasteiger partial charge in [0, 0.05) is 21.5 Å². The van der Waals surface area contributed by atoms with Crippen LogP contribution in [0.2, 0.25) is 0 Å². The van der Waals surface area contributed by atoms with Crippen molar-refractivity contribution in [3.05, 3.63) is 196 Å². The Morgan fingerprint density at radius 3 is 1.47 bits per heavy atom. The molecule has 0 aliphatic carbocycles. The van der Waals surface area contributed by atoms with E-state index in [9.17, 15) is 26.3 Å². The fourth-order valence-corrected chi connectivity index (χ4v) is 9.55. The molecule has 64 heavy (non-hydrogen) atoms. The summed E-state index contributed by atoms with van der Waals surface area (Å²) >= 11 is 0. The van der Waals surface area contributed by atoms with E-state index in [0.29, 0.717) is 39.1 Å². The molecule has 2 aromatic heterocycles. The largest absolute Gasteiger partial charge is 0.416 e. The van der Waals surface area contributed by atoms with Gasteiger partial charge in [-0.05, 0) is 127 Å². The molecule has 0 spiro atoms. The van der Waals surface area contributed by atoms with Crippen molar-refractivity contribution in [2.75, 3.05) is 0 Å². The van der Waals surface area contributed by atoms with E-state index >= 15 is 0 Å². The minimum Gasteiger partial charge on any atom is -0.308 e. The molecule has 0 saturated heterocycles. The van der Waals surface area contributed by atoms with E-state index in [1.165, 1.54) is 6.07 Å². The molecular weight excluding hydrogens is 817 g/mol. The summed E-state index contributed by atoms with van der Waals surface area (Å²) in [6.07, 6.45) is -9.30. The molecule has 10 aromatic rings. The quantitative estimate of drug-likeness (QED) is 0.121. The number of halogens is 6. The molecule has 0 atom stereocenters. The summed E-state index contributed by atoms with van der Waals surface area (Å²) in [4.78, 5) is 3.93. The maximum atomic E-state index is 15.0. The highest BCUT2D eigenvalue weighted by molar-refractivity contribution is 6.13. The Balaban J connectivity index is 1.37. The van der Waals surface area contributed by atoms with E-state index < -0.39 is 23.5 Å². The molecule has 0 saturated carbocycles. The van der Waals surface area contributed by atoms with Crippen LogP contribution in [0.15, 0.2) is 152 Å². The van der Waals surface area contributed by atoms with Gasteiger partial charge in [-0.2, -0.15) is 26.3 Å². The Morgan fingerprint density at radius 1 is 0.438 bits per heavy atom. The Labute approximate surface area is 364 Å². The number of rotatable bonds is 5. The molecule has 10 rings (SSSR count). The highest BCUT2D eigenvalue weighted by atomic mass is 19.4. The van der Waals surface area contributed by atoms with Crippen LogP contribution in [-0.2, 0) is 12.4 Å². The molecular formula is C55H37F6N3. The zero-order valence-electron chi connectivity index (χ0n) is 35.0. The Hall–Kier alpha value is -7.57. The molecule has 0 radical (unpaired) electrons. The standard InChI is InChI=1S/C55H37F6N3/c1-31-21-32(2)23-37(22-31)35-17-19-43-41-13-7-9-16-48(41)64(50(43)27-35)52-30-46(62-5)44(53-34(4)11-10-14-45(53)55(59,60)61)29-51(52)63-47-15-8-6-12-40(47)42-20-18-36(28-49(42)63)38-24-33(3)25-39(26-38)54(56,57)58/h6-30H,1-4H3. The zero-order valence-corrected chi connectivity index (χ0v) is 35.0. The summed E-state index contributed by atoms with van der Waals surface area (Å²) in [5.41, 5.74) is 8.23. The number of benzene rings is 8. The fourth-order valence-electron chi connectivity index (χ4n) is 9.55. The minimum absolute atomic E-state index is 0.0239. The molecule has 0 unspecified atom stereocenters. The number of fused-ring (bicyclic) bond motifs is 6. The average molecular weight is 854 g/mol. The van der Waals surface area contributed by atoms with Crippen molar-refractivity contribution in [2.45, 2.75) is 40.0 Å². The first-order valence-electron chi connectivity index (χ1n) is 20.7. The average Bonchev–Trinajstić information content (AvgIpc) is 3.76. The lowest BCUT2D eigenvalue weighted by atomic mass is 9.92. The predicted octanol–water partition coefficient (Wildman–Crippen LogP) is 16.7. The van der Waals surface area contributed by atoms with Crippen LogP contribution in [0.1, 0.15) is 33.4 Å². The molecule has 2 heterocycles. The second kappa shape index (κ2) is 14.8. The maximum absolute atomic E-state index is 15.0. The number of aryl methyl sites for hydroxylation is 4. The van der Waals surface area contributed by atoms with Gasteiger partial charge in [-0.3, -0.25) is 0 Å². The number of hydrogen-bond donors (Lipinski definition) is 0. The van der Waals surface area contributed by atoms with Gasteiger partial charge in [0.25, 0.3) is 0 Å². The van der Waals surface area contributed by atoms with Crippen LogP contribution in [0.4, 0.5) is 32.0 Å². The lowest BCUT2D eigenvalue weighted by Crippen LogP contribution is -2.09. The molecule has 8 aromatic carbocycles. The molecule has 314 valence electrons.